The quantitative estimate of drug-likeness (QED) is 0.685. The van der Waals surface area contributed by atoms with Crippen molar-refractivity contribution in [3.8, 4) is 5.69 Å². The summed E-state index contributed by atoms with van der Waals surface area (Å²) in [6, 6.07) is 13.4. The highest BCUT2D eigenvalue weighted by Gasteiger charge is 2.15. The van der Waals surface area contributed by atoms with Crippen LogP contribution in [0, 0.1) is 5.82 Å². The SMILES string of the molecule is C[C@@H](OC(=O)c1ccc(=O)n(-c2ccc(F)cc2)c1)c1ccccn1. The Labute approximate surface area is 143 Å². The largest absolute Gasteiger partial charge is 0.453 e. The van der Waals surface area contributed by atoms with E-state index in [2.05, 4.69) is 4.98 Å². The van der Waals surface area contributed by atoms with Gasteiger partial charge in [0.15, 0.2) is 0 Å². The Morgan fingerprint density at radius 3 is 2.56 bits per heavy atom. The number of pyridine rings is 2. The summed E-state index contributed by atoms with van der Waals surface area (Å²) >= 11 is 0. The van der Waals surface area contributed by atoms with Crippen molar-refractivity contribution in [2.45, 2.75) is 13.0 Å². The summed E-state index contributed by atoms with van der Waals surface area (Å²) in [6.07, 6.45) is 2.47. The Kier molecular flexibility index (Phi) is 4.70. The molecule has 0 amide bonds. The van der Waals surface area contributed by atoms with Crippen LogP contribution in [0.15, 0.2) is 71.8 Å². The molecule has 0 bridgehead atoms. The molecule has 0 aliphatic rings. The number of ether oxygens (including phenoxy) is 1. The second kappa shape index (κ2) is 7.09. The molecule has 0 N–H and O–H groups in total. The van der Waals surface area contributed by atoms with Crippen LogP contribution in [0.5, 0.6) is 0 Å². The number of benzene rings is 1. The van der Waals surface area contributed by atoms with Gasteiger partial charge in [0, 0.05) is 24.1 Å². The molecular formula is C19H15FN2O3. The van der Waals surface area contributed by atoms with Crippen molar-refractivity contribution in [2.75, 3.05) is 0 Å². The van der Waals surface area contributed by atoms with Gasteiger partial charge in [-0.1, -0.05) is 6.07 Å². The van der Waals surface area contributed by atoms with Gasteiger partial charge >= 0.3 is 5.97 Å². The van der Waals surface area contributed by atoms with Crippen molar-refractivity contribution >= 4 is 5.97 Å². The van der Waals surface area contributed by atoms with Crippen LogP contribution >= 0.6 is 0 Å². The van der Waals surface area contributed by atoms with Crippen LogP contribution < -0.4 is 5.56 Å². The molecule has 0 aliphatic heterocycles. The van der Waals surface area contributed by atoms with Crippen LogP contribution in [0.2, 0.25) is 0 Å². The third-order valence-electron chi connectivity index (χ3n) is 3.64. The molecule has 0 radical (unpaired) electrons. The molecule has 25 heavy (non-hydrogen) atoms. The van der Waals surface area contributed by atoms with Crippen LogP contribution in [-0.4, -0.2) is 15.5 Å². The second-order valence-corrected chi connectivity index (χ2v) is 5.40. The predicted octanol–water partition coefficient (Wildman–Crippen LogP) is 3.29. The first-order valence-electron chi connectivity index (χ1n) is 7.65. The lowest BCUT2D eigenvalue weighted by Gasteiger charge is -2.13. The van der Waals surface area contributed by atoms with Gasteiger partial charge in [-0.25, -0.2) is 9.18 Å². The van der Waals surface area contributed by atoms with E-state index in [1.54, 1.807) is 31.3 Å². The van der Waals surface area contributed by atoms with Crippen molar-refractivity contribution in [3.63, 3.8) is 0 Å². The first kappa shape index (κ1) is 16.6. The number of esters is 1. The molecule has 1 aromatic carbocycles. The molecule has 0 spiro atoms. The lowest BCUT2D eigenvalue weighted by atomic mass is 10.2. The van der Waals surface area contributed by atoms with Crippen LogP contribution in [0.25, 0.3) is 5.69 Å². The zero-order chi connectivity index (χ0) is 17.8. The van der Waals surface area contributed by atoms with Gasteiger partial charge in [0.2, 0.25) is 0 Å². The minimum Gasteiger partial charge on any atom is -0.453 e. The Hall–Kier alpha value is -3.28. The molecule has 2 heterocycles. The minimum atomic E-state index is -0.575. The fourth-order valence-electron chi connectivity index (χ4n) is 2.32. The van der Waals surface area contributed by atoms with Gasteiger partial charge in [0.05, 0.1) is 11.3 Å². The van der Waals surface area contributed by atoms with Gasteiger partial charge in [-0.05, 0) is 49.4 Å². The molecular weight excluding hydrogens is 323 g/mol. The molecule has 126 valence electrons. The van der Waals surface area contributed by atoms with Gasteiger partial charge in [0.1, 0.15) is 11.9 Å². The lowest BCUT2D eigenvalue weighted by molar-refractivity contribution is 0.0328. The summed E-state index contributed by atoms with van der Waals surface area (Å²) in [7, 11) is 0. The summed E-state index contributed by atoms with van der Waals surface area (Å²) in [5.74, 6) is -0.981. The number of carbonyl (C=O) groups excluding carboxylic acids is 1. The van der Waals surface area contributed by atoms with Crippen molar-refractivity contribution in [1.82, 2.24) is 9.55 Å². The van der Waals surface area contributed by atoms with Crippen LogP contribution in [-0.2, 0) is 4.74 Å². The van der Waals surface area contributed by atoms with E-state index in [0.717, 1.165) is 0 Å². The smallest absolute Gasteiger partial charge is 0.340 e. The Bertz CT molecular complexity index is 937. The maximum atomic E-state index is 13.0. The van der Waals surface area contributed by atoms with Gasteiger partial charge in [0.25, 0.3) is 5.56 Å². The van der Waals surface area contributed by atoms with E-state index < -0.39 is 17.9 Å². The lowest BCUT2D eigenvalue weighted by Crippen LogP contribution is -2.19. The van der Waals surface area contributed by atoms with Crippen molar-refractivity contribution < 1.29 is 13.9 Å². The van der Waals surface area contributed by atoms with Gasteiger partial charge < -0.3 is 4.74 Å². The number of halogens is 1. The number of hydrogen-bond acceptors (Lipinski definition) is 4. The highest BCUT2D eigenvalue weighted by atomic mass is 19.1. The molecule has 1 atom stereocenters. The average Bonchev–Trinajstić information content (AvgIpc) is 2.63. The van der Waals surface area contributed by atoms with E-state index in [1.165, 1.54) is 47.2 Å². The third kappa shape index (κ3) is 3.80. The summed E-state index contributed by atoms with van der Waals surface area (Å²) in [5.41, 5.74) is 0.967. The van der Waals surface area contributed by atoms with E-state index in [0.29, 0.717) is 11.4 Å². The molecule has 0 saturated carbocycles. The van der Waals surface area contributed by atoms with Crippen molar-refractivity contribution in [1.29, 1.82) is 0 Å². The topological polar surface area (TPSA) is 61.2 Å². The standard InChI is InChI=1S/C19H15FN2O3/c1-13(17-4-2-3-11-21-17)25-19(24)14-5-10-18(23)22(12-14)16-8-6-15(20)7-9-16/h2-13H,1H3/t13-/m1/s1. The second-order valence-electron chi connectivity index (χ2n) is 5.40. The number of aromatic nitrogens is 2. The zero-order valence-electron chi connectivity index (χ0n) is 13.4. The Morgan fingerprint density at radius 2 is 1.88 bits per heavy atom. The fraction of sp³-hybridized carbons (Fsp3) is 0.105. The van der Waals surface area contributed by atoms with E-state index in [-0.39, 0.29) is 11.1 Å². The Balaban J connectivity index is 1.85. The molecule has 2 aromatic heterocycles. The molecule has 5 nitrogen and oxygen atoms in total. The van der Waals surface area contributed by atoms with Gasteiger partial charge in [-0.3, -0.25) is 14.3 Å². The van der Waals surface area contributed by atoms with Crippen LogP contribution in [0.1, 0.15) is 29.1 Å². The molecule has 0 saturated heterocycles. The molecule has 0 aliphatic carbocycles. The summed E-state index contributed by atoms with van der Waals surface area (Å²) in [6.45, 7) is 1.72. The first-order chi connectivity index (χ1) is 12.0. The molecule has 3 aromatic rings. The number of nitrogens with zero attached hydrogens (tertiary/aromatic N) is 2. The fourth-order valence-corrected chi connectivity index (χ4v) is 2.32. The van der Waals surface area contributed by atoms with Gasteiger partial charge in [-0.15, -0.1) is 0 Å². The van der Waals surface area contributed by atoms with Crippen molar-refractivity contribution in [3.05, 3.63) is 94.4 Å². The van der Waals surface area contributed by atoms with E-state index in [4.69, 9.17) is 4.74 Å². The minimum absolute atomic E-state index is 0.215. The summed E-state index contributed by atoms with van der Waals surface area (Å²) in [5, 5.41) is 0. The highest BCUT2D eigenvalue weighted by Crippen LogP contribution is 2.16. The average molecular weight is 338 g/mol. The number of hydrogen-bond donors (Lipinski definition) is 0. The number of rotatable bonds is 4. The van der Waals surface area contributed by atoms with E-state index in [9.17, 15) is 14.0 Å². The molecule has 6 heteroatoms. The molecule has 3 rings (SSSR count). The maximum Gasteiger partial charge on any atom is 0.340 e. The third-order valence-corrected chi connectivity index (χ3v) is 3.64. The first-order valence-corrected chi connectivity index (χ1v) is 7.65. The Morgan fingerprint density at radius 1 is 1.12 bits per heavy atom. The molecule has 0 unspecified atom stereocenters. The summed E-state index contributed by atoms with van der Waals surface area (Å²) < 4.78 is 19.7. The van der Waals surface area contributed by atoms with E-state index in [1.807, 2.05) is 0 Å². The van der Waals surface area contributed by atoms with Crippen LogP contribution in [0.4, 0.5) is 4.39 Å². The number of carbonyl (C=O) groups is 1. The normalized spacial score (nSPS) is 11.8. The zero-order valence-corrected chi connectivity index (χ0v) is 13.4. The molecule has 0 fully saturated rings. The maximum absolute atomic E-state index is 13.0. The monoisotopic (exact) mass is 338 g/mol. The highest BCUT2D eigenvalue weighted by molar-refractivity contribution is 5.89. The summed E-state index contributed by atoms with van der Waals surface area (Å²) in [4.78, 5) is 28.5. The predicted molar refractivity (Wildman–Crippen MR) is 90.1 cm³/mol. The van der Waals surface area contributed by atoms with Crippen LogP contribution in [0.3, 0.4) is 0 Å². The van der Waals surface area contributed by atoms with E-state index >= 15 is 0 Å². The van der Waals surface area contributed by atoms with Crippen molar-refractivity contribution in [2.24, 2.45) is 0 Å². The van der Waals surface area contributed by atoms with Gasteiger partial charge in [-0.2, -0.15) is 0 Å².